The standard InChI is InChI=1S/C21H17Cl2NO3S.C15H15NO2.C14H14N2O.C6H3Cl3O2S.H3N.H2O/c22-18-10-19(23)12-20(11-18)28(26,27)13-17-8-15(14-4-2-1-3-5-14)6-7-16(17)9-21(24)25;1-18-15(17)10-13-8-7-12(9-14(13)16)11-5-3-2-4-6-11;15-13-8-11(10-4-2-1-3-5-10)6-7-12(13)9-14(16)17;7-4-1-5(8)3-6(2-4)12(9,10)11;;/h1-8,10-12H,9,13H2,(H2,24,25);2-9H,10,16H2,1H3;1-8H,9,15H2,(H2,16,17);1-3H;1H3;1H2. The minimum Gasteiger partial charge on any atom is -0.469 e. The van der Waals surface area contributed by atoms with Gasteiger partial charge in [-0.15, -0.1) is 0 Å². The Balaban J connectivity index is 0.000000280. The van der Waals surface area contributed by atoms with Crippen molar-refractivity contribution in [3.05, 3.63) is 224 Å². The molecule has 0 aliphatic heterocycles. The lowest BCUT2D eigenvalue weighted by molar-refractivity contribution is -0.139. The quantitative estimate of drug-likeness (QED) is 0.0411. The first-order chi connectivity index (χ1) is 35.5. The van der Waals surface area contributed by atoms with Gasteiger partial charge in [0.05, 0.1) is 41.9 Å². The highest BCUT2D eigenvalue weighted by molar-refractivity contribution is 8.13. The maximum atomic E-state index is 13.0. The van der Waals surface area contributed by atoms with E-state index in [-0.39, 0.29) is 78.4 Å². The van der Waals surface area contributed by atoms with Crippen molar-refractivity contribution in [3.8, 4) is 33.4 Å². The van der Waals surface area contributed by atoms with E-state index >= 15 is 0 Å². The lowest BCUT2D eigenvalue weighted by Gasteiger charge is -2.13. The van der Waals surface area contributed by atoms with Crippen molar-refractivity contribution in [1.29, 1.82) is 0 Å². The van der Waals surface area contributed by atoms with Crippen LogP contribution in [0.1, 0.15) is 22.3 Å². The van der Waals surface area contributed by atoms with Gasteiger partial charge in [-0.25, -0.2) is 16.8 Å². The van der Waals surface area contributed by atoms with Crippen molar-refractivity contribution in [2.45, 2.75) is 34.8 Å². The van der Waals surface area contributed by atoms with Crippen LogP contribution in [0.3, 0.4) is 0 Å². The molecule has 21 heteroatoms. The summed E-state index contributed by atoms with van der Waals surface area (Å²) in [4.78, 5) is 33.4. The summed E-state index contributed by atoms with van der Waals surface area (Å²) in [5, 5.41) is 0.950. The van der Waals surface area contributed by atoms with Crippen molar-refractivity contribution < 1.29 is 41.4 Å². The van der Waals surface area contributed by atoms with E-state index in [1.165, 1.54) is 43.5 Å². The molecule has 0 heterocycles. The number of amides is 2. The third-order valence-electron chi connectivity index (χ3n) is 10.8. The number of esters is 1. The number of primary amides is 2. The number of ether oxygens (including phenoxy) is 1. The second-order valence-electron chi connectivity index (χ2n) is 16.4. The van der Waals surface area contributed by atoms with E-state index < -0.39 is 24.8 Å². The van der Waals surface area contributed by atoms with Crippen molar-refractivity contribution in [2.24, 2.45) is 11.5 Å². The van der Waals surface area contributed by atoms with Gasteiger partial charge >= 0.3 is 5.97 Å². The maximum absolute atomic E-state index is 13.0. The zero-order valence-corrected chi connectivity index (χ0v) is 46.6. The van der Waals surface area contributed by atoms with E-state index in [2.05, 4.69) is 4.74 Å². The van der Waals surface area contributed by atoms with Gasteiger partial charge in [0.25, 0.3) is 9.05 Å². The summed E-state index contributed by atoms with van der Waals surface area (Å²) in [6.45, 7) is 0. The highest BCUT2D eigenvalue weighted by Crippen LogP contribution is 2.30. The highest BCUT2D eigenvalue weighted by atomic mass is 35.7. The molecule has 0 radical (unpaired) electrons. The van der Waals surface area contributed by atoms with Gasteiger partial charge in [0.15, 0.2) is 9.84 Å². The Bertz CT molecular complexity index is 3490. The maximum Gasteiger partial charge on any atom is 0.310 e. The minimum atomic E-state index is -3.74. The SMILES string of the molecule is COC(=O)Cc1ccc(-c2ccccc2)cc1N.N.NC(=O)Cc1ccc(-c2ccccc2)cc1CS(=O)(=O)c1cc(Cl)cc(Cl)c1.NC(=O)Cc1ccc(-c2ccccc2)cc1N.O.O=S(=O)(Cl)c1cc(Cl)cc(Cl)c1. The lowest BCUT2D eigenvalue weighted by Crippen LogP contribution is -2.16. The van der Waals surface area contributed by atoms with Crippen LogP contribution in [-0.2, 0) is 63.0 Å². The summed E-state index contributed by atoms with van der Waals surface area (Å²) in [7, 11) is -1.05. The van der Waals surface area contributed by atoms with Gasteiger partial charge in [0, 0.05) is 42.1 Å². The second kappa shape index (κ2) is 30.1. The molecule has 77 heavy (non-hydrogen) atoms. The fourth-order valence-electron chi connectivity index (χ4n) is 7.14. The summed E-state index contributed by atoms with van der Waals surface area (Å²) in [6, 6.07) is 54.3. The number of methoxy groups -OCH3 is 1. The molecule has 0 unspecified atom stereocenters. The summed E-state index contributed by atoms with van der Waals surface area (Å²) >= 11 is 23.0. The second-order valence-corrected chi connectivity index (χ2v) is 22.7. The van der Waals surface area contributed by atoms with E-state index in [9.17, 15) is 31.2 Å². The normalized spacial score (nSPS) is 10.5. The zero-order valence-electron chi connectivity index (χ0n) is 41.1. The highest BCUT2D eigenvalue weighted by Gasteiger charge is 2.20. The predicted octanol–water partition coefficient (Wildman–Crippen LogP) is 11.5. The molecule has 0 saturated carbocycles. The average molecular weight is 1180 g/mol. The molecule has 8 aromatic rings. The van der Waals surface area contributed by atoms with E-state index in [1.54, 1.807) is 12.1 Å². The fourth-order valence-corrected chi connectivity index (χ4v) is 10.7. The Labute approximate surface area is 472 Å². The number of benzene rings is 8. The largest absolute Gasteiger partial charge is 0.469 e. The van der Waals surface area contributed by atoms with Crippen molar-refractivity contribution in [3.63, 3.8) is 0 Å². The number of halogens is 5. The van der Waals surface area contributed by atoms with Gasteiger partial charge in [-0.3, -0.25) is 14.4 Å². The van der Waals surface area contributed by atoms with E-state index in [4.69, 9.17) is 80.0 Å². The molecule has 8 rings (SSSR count). The van der Waals surface area contributed by atoms with Gasteiger partial charge in [0.2, 0.25) is 11.8 Å². The number of nitrogen functional groups attached to an aromatic ring is 2. The summed E-state index contributed by atoms with van der Waals surface area (Å²) < 4.78 is 52.1. The molecule has 0 fully saturated rings. The first-order valence-electron chi connectivity index (χ1n) is 22.3. The molecule has 14 nitrogen and oxygen atoms in total. The molecule has 8 aromatic carbocycles. The summed E-state index contributed by atoms with van der Waals surface area (Å²) in [5.41, 5.74) is 32.3. The van der Waals surface area contributed by atoms with E-state index in [1.807, 2.05) is 133 Å². The number of hydrogen-bond donors (Lipinski definition) is 5. The van der Waals surface area contributed by atoms with Crippen molar-refractivity contribution >= 4 is 105 Å². The predicted molar refractivity (Wildman–Crippen MR) is 311 cm³/mol. The molecule has 2 amide bonds. The van der Waals surface area contributed by atoms with Gasteiger partial charge < -0.3 is 39.3 Å². The molecule has 0 aliphatic rings. The number of nitrogens with two attached hydrogens (primary N) is 4. The first kappa shape index (κ1) is 64.3. The van der Waals surface area contributed by atoms with Crippen molar-refractivity contribution in [2.75, 3.05) is 18.6 Å². The van der Waals surface area contributed by atoms with E-state index in [0.717, 1.165) is 44.5 Å². The van der Waals surface area contributed by atoms with E-state index in [0.29, 0.717) is 22.5 Å². The molecule has 0 aromatic heterocycles. The first-order valence-corrected chi connectivity index (χ1v) is 27.8. The number of hydrogen-bond acceptors (Lipinski definition) is 11. The Morgan fingerprint density at radius 3 is 1.13 bits per heavy atom. The molecule has 0 atom stereocenters. The number of rotatable bonds is 13. The Hall–Kier alpha value is -6.96. The zero-order chi connectivity index (χ0) is 54.9. The van der Waals surface area contributed by atoms with Crippen LogP contribution in [0, 0.1) is 0 Å². The van der Waals surface area contributed by atoms with Gasteiger partial charge in [0.1, 0.15) is 0 Å². The molecule has 0 saturated heterocycles. The van der Waals surface area contributed by atoms with Crippen LogP contribution < -0.4 is 29.1 Å². The van der Waals surface area contributed by atoms with Crippen LogP contribution in [-0.4, -0.2) is 47.2 Å². The molecule has 0 aliphatic carbocycles. The Morgan fingerprint density at radius 1 is 0.442 bits per heavy atom. The molecule has 0 bridgehead atoms. The van der Waals surface area contributed by atoms with Crippen LogP contribution in [0.5, 0.6) is 0 Å². The van der Waals surface area contributed by atoms with Crippen LogP contribution >= 0.6 is 57.1 Å². The molecular weight excluding hydrogens is 1130 g/mol. The third kappa shape index (κ3) is 20.5. The molecule has 13 N–H and O–H groups in total. The van der Waals surface area contributed by atoms with Gasteiger partial charge in [-0.05, 0) is 110 Å². The molecule has 0 spiro atoms. The number of sulfone groups is 1. The Kier molecular flexibility index (Phi) is 25.1. The lowest BCUT2D eigenvalue weighted by atomic mass is 9.98. The monoisotopic (exact) mass is 1180 g/mol. The molecule has 404 valence electrons. The minimum absolute atomic E-state index is 0. The van der Waals surface area contributed by atoms with Crippen LogP contribution in [0.4, 0.5) is 11.4 Å². The average Bonchev–Trinajstić information content (AvgIpc) is 3.36. The van der Waals surface area contributed by atoms with Gasteiger partial charge in [-0.2, -0.15) is 0 Å². The topological polar surface area (TPSA) is 299 Å². The van der Waals surface area contributed by atoms with Gasteiger partial charge in [-0.1, -0.05) is 174 Å². The van der Waals surface area contributed by atoms with Crippen LogP contribution in [0.15, 0.2) is 192 Å². The van der Waals surface area contributed by atoms with Crippen LogP contribution in [0.25, 0.3) is 33.4 Å². The Morgan fingerprint density at radius 2 is 0.779 bits per heavy atom. The van der Waals surface area contributed by atoms with Crippen LogP contribution in [0.2, 0.25) is 20.1 Å². The third-order valence-corrected chi connectivity index (χ3v) is 14.6. The summed E-state index contributed by atoms with van der Waals surface area (Å²) in [6.07, 6.45) is 0.342. The number of carbonyl (C=O) groups is 3. The smallest absolute Gasteiger partial charge is 0.310 e. The number of anilines is 2. The fraction of sp³-hybridized carbons (Fsp3) is 0.0893. The van der Waals surface area contributed by atoms with Crippen molar-refractivity contribution in [1.82, 2.24) is 6.15 Å². The molecular formula is C56H54Cl5N5O9S2. The number of carbonyl (C=O) groups excluding carboxylic acids is 3. The summed E-state index contributed by atoms with van der Waals surface area (Å²) in [5.74, 6) is -1.48.